The first-order valence-electron chi connectivity index (χ1n) is 8.08. The van der Waals surface area contributed by atoms with Crippen molar-refractivity contribution >= 4 is 23.4 Å². The van der Waals surface area contributed by atoms with Gasteiger partial charge < -0.3 is 4.90 Å². The van der Waals surface area contributed by atoms with Gasteiger partial charge in [-0.25, -0.2) is 4.39 Å². The fourth-order valence-corrected chi connectivity index (χ4v) is 3.15. The van der Waals surface area contributed by atoms with E-state index in [9.17, 15) is 9.18 Å². The van der Waals surface area contributed by atoms with Gasteiger partial charge in [-0.3, -0.25) is 4.79 Å². The van der Waals surface area contributed by atoms with E-state index >= 15 is 0 Å². The number of para-hydroxylation sites is 1. The van der Waals surface area contributed by atoms with Crippen LogP contribution in [0.5, 0.6) is 0 Å². The molecule has 0 saturated carbocycles. The number of nitriles is 1. The van der Waals surface area contributed by atoms with E-state index in [-0.39, 0.29) is 30.4 Å². The second-order valence-electron chi connectivity index (χ2n) is 5.43. The monoisotopic (exact) mass is 382 g/mol. The van der Waals surface area contributed by atoms with Gasteiger partial charge in [0.15, 0.2) is 0 Å². The number of benzene rings is 2. The Morgan fingerprint density at radius 1 is 1.19 bits per heavy atom. The highest BCUT2D eigenvalue weighted by molar-refractivity contribution is 7.99. The zero-order valence-corrected chi connectivity index (χ0v) is 15.0. The molecule has 0 aliphatic heterocycles. The van der Waals surface area contributed by atoms with Crippen molar-refractivity contribution in [2.45, 2.75) is 11.6 Å². The largest absolute Gasteiger partial charge is 0.311 e. The standard InChI is InChI=1S/C18H15FN6OS/c19-14-7-9-15(10-8-14)24(12-4-11-20)17(26)13-27-18-21-22-23-25(18)16-5-2-1-3-6-16/h1-3,5-10H,4,12-13H2. The van der Waals surface area contributed by atoms with Crippen molar-refractivity contribution in [3.63, 3.8) is 0 Å². The Bertz CT molecular complexity index is 938. The van der Waals surface area contributed by atoms with Crippen LogP contribution in [0.3, 0.4) is 0 Å². The Hall–Kier alpha value is -3.25. The summed E-state index contributed by atoms with van der Waals surface area (Å²) in [6, 6.07) is 17.0. The molecule has 0 atom stereocenters. The van der Waals surface area contributed by atoms with Gasteiger partial charge in [-0.15, -0.1) is 5.10 Å². The van der Waals surface area contributed by atoms with Gasteiger partial charge in [-0.05, 0) is 46.8 Å². The van der Waals surface area contributed by atoms with E-state index in [1.54, 1.807) is 4.68 Å². The lowest BCUT2D eigenvalue weighted by molar-refractivity contribution is -0.116. The summed E-state index contributed by atoms with van der Waals surface area (Å²) in [7, 11) is 0. The highest BCUT2D eigenvalue weighted by Crippen LogP contribution is 2.21. The Morgan fingerprint density at radius 3 is 2.63 bits per heavy atom. The fraction of sp³-hybridized carbons (Fsp3) is 0.167. The summed E-state index contributed by atoms with van der Waals surface area (Å²) in [6.07, 6.45) is 0.176. The molecule has 0 unspecified atom stereocenters. The number of hydrogen-bond donors (Lipinski definition) is 0. The average molecular weight is 382 g/mol. The summed E-state index contributed by atoms with van der Waals surface area (Å²) in [4.78, 5) is 14.2. The van der Waals surface area contributed by atoms with Crippen molar-refractivity contribution in [1.29, 1.82) is 5.26 Å². The van der Waals surface area contributed by atoms with E-state index in [1.165, 1.54) is 40.9 Å². The second-order valence-corrected chi connectivity index (χ2v) is 6.37. The number of halogens is 1. The molecule has 1 amide bonds. The molecule has 0 fully saturated rings. The summed E-state index contributed by atoms with van der Waals surface area (Å²) in [5.74, 6) is -0.525. The van der Waals surface area contributed by atoms with Crippen molar-refractivity contribution in [2.75, 3.05) is 17.2 Å². The van der Waals surface area contributed by atoms with Crippen LogP contribution in [0.25, 0.3) is 5.69 Å². The third kappa shape index (κ3) is 4.68. The number of thioether (sulfide) groups is 1. The number of carbonyl (C=O) groups excluding carboxylic acids is 1. The van der Waals surface area contributed by atoms with E-state index in [0.717, 1.165) is 5.69 Å². The summed E-state index contributed by atoms with van der Waals surface area (Å²) in [5, 5.41) is 20.9. The maximum absolute atomic E-state index is 13.2. The normalized spacial score (nSPS) is 10.4. The first-order chi connectivity index (χ1) is 13.2. The van der Waals surface area contributed by atoms with Gasteiger partial charge >= 0.3 is 0 Å². The van der Waals surface area contributed by atoms with Crippen LogP contribution in [0.15, 0.2) is 59.8 Å². The zero-order chi connectivity index (χ0) is 19.1. The Labute approximate surface area is 159 Å². The summed E-state index contributed by atoms with van der Waals surface area (Å²) < 4.78 is 14.7. The SMILES string of the molecule is N#CCCN(C(=O)CSc1nnnn1-c1ccccc1)c1ccc(F)cc1. The lowest BCUT2D eigenvalue weighted by atomic mass is 10.2. The molecule has 27 heavy (non-hydrogen) atoms. The molecule has 1 heterocycles. The lowest BCUT2D eigenvalue weighted by Crippen LogP contribution is -2.33. The van der Waals surface area contributed by atoms with E-state index in [2.05, 4.69) is 15.5 Å². The lowest BCUT2D eigenvalue weighted by Gasteiger charge is -2.21. The van der Waals surface area contributed by atoms with Gasteiger partial charge in [-0.2, -0.15) is 9.94 Å². The average Bonchev–Trinajstić information content (AvgIpc) is 3.17. The third-order valence-electron chi connectivity index (χ3n) is 3.65. The molecule has 0 N–H and O–H groups in total. The van der Waals surface area contributed by atoms with Crippen LogP contribution in [0.1, 0.15) is 6.42 Å². The smallest absolute Gasteiger partial charge is 0.237 e. The van der Waals surface area contributed by atoms with Crippen molar-refractivity contribution in [1.82, 2.24) is 20.2 Å². The number of nitrogens with zero attached hydrogens (tertiary/aromatic N) is 6. The van der Waals surface area contributed by atoms with Gasteiger partial charge in [0.25, 0.3) is 0 Å². The van der Waals surface area contributed by atoms with Gasteiger partial charge in [0.2, 0.25) is 11.1 Å². The molecule has 136 valence electrons. The fourth-order valence-electron chi connectivity index (χ4n) is 2.38. The van der Waals surface area contributed by atoms with Crippen molar-refractivity contribution in [2.24, 2.45) is 0 Å². The Kier molecular flexibility index (Phi) is 6.12. The van der Waals surface area contributed by atoms with Crippen LogP contribution >= 0.6 is 11.8 Å². The number of hydrogen-bond acceptors (Lipinski definition) is 6. The zero-order valence-electron chi connectivity index (χ0n) is 14.2. The van der Waals surface area contributed by atoms with Gasteiger partial charge in [-0.1, -0.05) is 30.0 Å². The molecule has 9 heteroatoms. The molecule has 3 rings (SSSR count). The van der Waals surface area contributed by atoms with Crippen molar-refractivity contribution in [3.8, 4) is 11.8 Å². The van der Waals surface area contributed by atoms with E-state index in [4.69, 9.17) is 5.26 Å². The minimum absolute atomic E-state index is 0.0794. The van der Waals surface area contributed by atoms with Crippen LogP contribution in [-0.2, 0) is 4.79 Å². The second kappa shape index (κ2) is 8.91. The number of aromatic nitrogens is 4. The molecule has 0 bridgehead atoms. The molecule has 1 aromatic heterocycles. The molecule has 0 aliphatic carbocycles. The number of anilines is 1. The number of amides is 1. The predicted molar refractivity (Wildman–Crippen MR) is 98.9 cm³/mol. The highest BCUT2D eigenvalue weighted by atomic mass is 32.2. The maximum Gasteiger partial charge on any atom is 0.237 e. The maximum atomic E-state index is 13.2. The minimum atomic E-state index is -0.386. The predicted octanol–water partition coefficient (Wildman–Crippen LogP) is 2.84. The summed E-state index contributed by atoms with van der Waals surface area (Å²) >= 11 is 1.19. The van der Waals surface area contributed by atoms with E-state index in [1.807, 2.05) is 36.4 Å². The number of rotatable bonds is 7. The molecule has 0 spiro atoms. The van der Waals surface area contributed by atoms with Crippen LogP contribution in [0.2, 0.25) is 0 Å². The van der Waals surface area contributed by atoms with Crippen molar-refractivity contribution in [3.05, 3.63) is 60.4 Å². The number of tetrazole rings is 1. The van der Waals surface area contributed by atoms with Gasteiger partial charge in [0.1, 0.15) is 5.82 Å². The summed E-state index contributed by atoms with van der Waals surface area (Å²) in [5.41, 5.74) is 1.33. The van der Waals surface area contributed by atoms with E-state index < -0.39 is 0 Å². The first-order valence-corrected chi connectivity index (χ1v) is 9.07. The third-order valence-corrected chi connectivity index (χ3v) is 4.56. The summed E-state index contributed by atoms with van der Waals surface area (Å²) in [6.45, 7) is 0.227. The molecule has 0 radical (unpaired) electrons. The molecule has 3 aromatic rings. The molecule has 2 aromatic carbocycles. The molecular weight excluding hydrogens is 367 g/mol. The molecular formula is C18H15FN6OS. The van der Waals surface area contributed by atoms with Crippen molar-refractivity contribution < 1.29 is 9.18 Å². The van der Waals surface area contributed by atoms with Gasteiger partial charge in [0, 0.05) is 12.2 Å². The Morgan fingerprint density at radius 2 is 1.93 bits per heavy atom. The molecule has 0 aliphatic rings. The van der Waals surface area contributed by atoms with E-state index in [0.29, 0.717) is 10.8 Å². The highest BCUT2D eigenvalue weighted by Gasteiger charge is 2.18. The molecule has 7 nitrogen and oxygen atoms in total. The first kappa shape index (κ1) is 18.5. The molecule has 0 saturated heterocycles. The van der Waals surface area contributed by atoms with Crippen LogP contribution in [0.4, 0.5) is 10.1 Å². The number of carbonyl (C=O) groups is 1. The Balaban J connectivity index is 1.72. The topological polar surface area (TPSA) is 87.7 Å². The van der Waals surface area contributed by atoms with Crippen LogP contribution in [0, 0.1) is 17.1 Å². The minimum Gasteiger partial charge on any atom is -0.311 e. The van der Waals surface area contributed by atoms with Gasteiger partial charge in [0.05, 0.1) is 23.9 Å². The van der Waals surface area contributed by atoms with Crippen LogP contribution in [-0.4, -0.2) is 38.4 Å². The van der Waals surface area contributed by atoms with Crippen LogP contribution < -0.4 is 4.90 Å². The quantitative estimate of drug-likeness (QED) is 0.584.